The molecule has 0 saturated heterocycles. The molecule has 152 valence electrons. The predicted molar refractivity (Wildman–Crippen MR) is 116 cm³/mol. The summed E-state index contributed by atoms with van der Waals surface area (Å²) < 4.78 is 5.27. The zero-order valence-corrected chi connectivity index (χ0v) is 17.7. The molecule has 0 aliphatic carbocycles. The topological polar surface area (TPSA) is 90.2 Å². The van der Waals surface area contributed by atoms with Gasteiger partial charge < -0.3 is 25.2 Å². The van der Waals surface area contributed by atoms with Gasteiger partial charge >= 0.3 is 0 Å². The minimum absolute atomic E-state index is 0.0492. The fourth-order valence-electron chi connectivity index (χ4n) is 1.89. The number of hydrogen-bond donors (Lipinski definition) is 4. The van der Waals surface area contributed by atoms with Crippen molar-refractivity contribution >= 4 is 15.2 Å². The monoisotopic (exact) mass is 396 g/mol. The van der Waals surface area contributed by atoms with Gasteiger partial charge in [0.2, 0.25) is 0 Å². The molecule has 1 aliphatic rings. The number of para-hydroxylation sites is 2. The summed E-state index contributed by atoms with van der Waals surface area (Å²) in [7, 11) is 2.72. The van der Waals surface area contributed by atoms with E-state index < -0.39 is 0 Å². The van der Waals surface area contributed by atoms with E-state index in [9.17, 15) is 5.11 Å². The maximum absolute atomic E-state index is 9.40. The minimum Gasteiger partial charge on any atom is -0.508 e. The molecule has 2 aromatic rings. The first-order chi connectivity index (χ1) is 13.0. The molecule has 4 N–H and O–H groups in total. The predicted octanol–water partition coefficient (Wildman–Crippen LogP) is 5.52. The molecule has 0 aromatic heterocycles. The molecule has 3 rings (SSSR count). The first kappa shape index (κ1) is 26.8. The standard InChI is InChI=1S/C9H10O3.C6H6O2.C3H8.C2H6.CH3P/c10-6-4-8(11)7-2-1-3-12-9(7)5-6;7-5-3-1-2-4-6(5)8;1-3-2;2*1-2/h4-5,10-11H,1-3H2;1-4,7-8H;3H2,1-2H3;1-2H3;2H,1H2. The van der Waals surface area contributed by atoms with E-state index in [4.69, 9.17) is 20.1 Å². The molecule has 0 saturated carbocycles. The summed E-state index contributed by atoms with van der Waals surface area (Å²) in [5, 5.41) is 35.9. The highest BCUT2D eigenvalue weighted by Crippen LogP contribution is 2.35. The van der Waals surface area contributed by atoms with Crippen LogP contribution in [0.25, 0.3) is 0 Å². The van der Waals surface area contributed by atoms with E-state index in [0.29, 0.717) is 12.4 Å². The van der Waals surface area contributed by atoms with E-state index >= 15 is 0 Å². The number of fused-ring (bicyclic) bond motifs is 1. The van der Waals surface area contributed by atoms with Crippen molar-refractivity contribution in [1.82, 2.24) is 0 Å². The summed E-state index contributed by atoms with van der Waals surface area (Å²) in [6, 6.07) is 9.02. The fourth-order valence-corrected chi connectivity index (χ4v) is 1.89. The highest BCUT2D eigenvalue weighted by Gasteiger charge is 2.15. The van der Waals surface area contributed by atoms with Gasteiger partial charge in [0, 0.05) is 17.7 Å². The van der Waals surface area contributed by atoms with Gasteiger partial charge in [0.05, 0.1) is 6.61 Å². The van der Waals surface area contributed by atoms with E-state index in [1.54, 1.807) is 12.1 Å². The maximum Gasteiger partial charge on any atom is 0.157 e. The molecule has 0 spiro atoms. The lowest BCUT2D eigenvalue weighted by Crippen LogP contribution is -2.07. The number of rotatable bonds is 0. The SMILES string of the molecule is C=P.CC.CCC.Oc1cc(O)c2c(c1)OCCC2.Oc1ccccc1O. The Balaban J connectivity index is 0. The van der Waals surface area contributed by atoms with Gasteiger partial charge in [0.15, 0.2) is 11.5 Å². The third-order valence-corrected chi connectivity index (χ3v) is 2.88. The van der Waals surface area contributed by atoms with Gasteiger partial charge in [-0.2, -0.15) is 0 Å². The van der Waals surface area contributed by atoms with Crippen LogP contribution in [0.5, 0.6) is 28.7 Å². The maximum atomic E-state index is 9.40. The van der Waals surface area contributed by atoms with Gasteiger partial charge in [-0.1, -0.05) is 52.5 Å². The van der Waals surface area contributed by atoms with Crippen molar-refractivity contribution in [1.29, 1.82) is 0 Å². The quantitative estimate of drug-likeness (QED) is 0.347. The smallest absolute Gasteiger partial charge is 0.157 e. The lowest BCUT2D eigenvalue weighted by atomic mass is 10.1. The van der Waals surface area contributed by atoms with Crippen molar-refractivity contribution in [2.24, 2.45) is 0 Å². The summed E-state index contributed by atoms with van der Waals surface area (Å²) in [4.78, 5) is 0. The van der Waals surface area contributed by atoms with Crippen LogP contribution < -0.4 is 4.74 Å². The van der Waals surface area contributed by atoms with E-state index in [-0.39, 0.29) is 23.0 Å². The summed E-state index contributed by atoms with van der Waals surface area (Å²) in [6.07, 6.45) is 6.05. The van der Waals surface area contributed by atoms with Crippen LogP contribution in [0, 0.1) is 0 Å². The van der Waals surface area contributed by atoms with Crippen LogP contribution in [0.15, 0.2) is 36.4 Å². The molecule has 1 heterocycles. The van der Waals surface area contributed by atoms with Crippen molar-refractivity contribution in [2.45, 2.75) is 47.0 Å². The van der Waals surface area contributed by atoms with Gasteiger partial charge in [-0.05, 0) is 25.0 Å². The highest BCUT2D eigenvalue weighted by molar-refractivity contribution is 7.15. The van der Waals surface area contributed by atoms with Crippen molar-refractivity contribution in [3.05, 3.63) is 42.0 Å². The van der Waals surface area contributed by atoms with Crippen LogP contribution in [0.2, 0.25) is 0 Å². The third-order valence-electron chi connectivity index (χ3n) is 2.88. The number of phenols is 4. The van der Waals surface area contributed by atoms with Crippen LogP contribution in [0.4, 0.5) is 0 Å². The van der Waals surface area contributed by atoms with Crippen molar-refractivity contribution < 1.29 is 25.2 Å². The normalized spacial score (nSPS) is 10.4. The number of benzene rings is 2. The van der Waals surface area contributed by atoms with Crippen LogP contribution in [0.3, 0.4) is 0 Å². The van der Waals surface area contributed by atoms with Gasteiger partial charge in [-0.15, -0.1) is 8.86 Å². The zero-order valence-electron chi connectivity index (χ0n) is 16.7. The summed E-state index contributed by atoms with van der Waals surface area (Å²) in [5.74, 6) is 0.636. The molecular formula is C21H33O5P. The van der Waals surface area contributed by atoms with Gasteiger partial charge in [0.1, 0.15) is 17.2 Å². The van der Waals surface area contributed by atoms with Crippen molar-refractivity contribution in [3.8, 4) is 28.7 Å². The van der Waals surface area contributed by atoms with Crippen molar-refractivity contribution in [3.63, 3.8) is 0 Å². The third kappa shape index (κ3) is 11.0. The molecule has 6 heteroatoms. The summed E-state index contributed by atoms with van der Waals surface area (Å²) >= 11 is 0. The highest BCUT2D eigenvalue weighted by atomic mass is 31.0. The Labute approximate surface area is 165 Å². The Hall–Kier alpha value is -2.39. The molecule has 0 atom stereocenters. The Bertz CT molecular complexity index is 611. The summed E-state index contributed by atoms with van der Waals surface area (Å²) in [5.41, 5.74) is 0.805. The van der Waals surface area contributed by atoms with Crippen LogP contribution in [-0.4, -0.2) is 33.3 Å². The second-order valence-electron chi connectivity index (χ2n) is 5.09. The molecule has 5 nitrogen and oxygen atoms in total. The van der Waals surface area contributed by atoms with E-state index in [1.165, 1.54) is 30.7 Å². The van der Waals surface area contributed by atoms with Crippen molar-refractivity contribution in [2.75, 3.05) is 6.61 Å². The lowest BCUT2D eigenvalue weighted by molar-refractivity contribution is 0.281. The first-order valence-electron chi connectivity index (χ1n) is 8.99. The average Bonchev–Trinajstić information content (AvgIpc) is 2.68. The van der Waals surface area contributed by atoms with Gasteiger partial charge in [-0.25, -0.2) is 0 Å². The molecule has 27 heavy (non-hydrogen) atoms. The molecular weight excluding hydrogens is 363 g/mol. The molecule has 0 radical (unpaired) electrons. The second-order valence-corrected chi connectivity index (χ2v) is 5.09. The van der Waals surface area contributed by atoms with Crippen LogP contribution in [0.1, 0.15) is 46.1 Å². The number of aromatic hydroxyl groups is 4. The largest absolute Gasteiger partial charge is 0.508 e. The Morgan fingerprint density at radius 3 is 1.85 bits per heavy atom. The second kappa shape index (κ2) is 17.0. The minimum atomic E-state index is -0.0764. The van der Waals surface area contributed by atoms with Gasteiger partial charge in [0.25, 0.3) is 0 Å². The number of ether oxygens (including phenoxy) is 1. The van der Waals surface area contributed by atoms with Crippen LogP contribution in [-0.2, 0) is 6.42 Å². The first-order valence-corrected chi connectivity index (χ1v) is 9.70. The number of hydrogen-bond acceptors (Lipinski definition) is 5. The van der Waals surface area contributed by atoms with E-state index in [1.807, 2.05) is 13.8 Å². The van der Waals surface area contributed by atoms with Crippen LogP contribution >= 0.6 is 8.86 Å². The summed E-state index contributed by atoms with van der Waals surface area (Å²) in [6.45, 7) is 8.91. The molecule has 0 fully saturated rings. The van der Waals surface area contributed by atoms with Gasteiger partial charge in [-0.3, -0.25) is 0 Å². The Kier molecular flexibility index (Phi) is 16.9. The Morgan fingerprint density at radius 1 is 0.926 bits per heavy atom. The number of phenolic OH excluding ortho intramolecular Hbond substituents is 4. The lowest BCUT2D eigenvalue weighted by Gasteiger charge is -2.17. The zero-order chi connectivity index (χ0) is 21.2. The fraction of sp³-hybridized carbons (Fsp3) is 0.381. The molecule has 2 aromatic carbocycles. The Morgan fingerprint density at radius 2 is 1.41 bits per heavy atom. The molecule has 0 amide bonds. The molecule has 0 bridgehead atoms. The van der Waals surface area contributed by atoms with E-state index in [2.05, 4.69) is 29.0 Å². The molecule has 0 unspecified atom stereocenters. The average molecular weight is 396 g/mol. The molecule has 1 aliphatic heterocycles. The van der Waals surface area contributed by atoms with E-state index in [0.717, 1.165) is 18.4 Å².